The van der Waals surface area contributed by atoms with E-state index in [2.05, 4.69) is 23.9 Å². The van der Waals surface area contributed by atoms with Gasteiger partial charge in [-0.2, -0.15) is 5.10 Å². The van der Waals surface area contributed by atoms with Gasteiger partial charge < -0.3 is 9.64 Å². The van der Waals surface area contributed by atoms with Crippen molar-refractivity contribution in [3.63, 3.8) is 0 Å². The lowest BCUT2D eigenvalue weighted by Crippen LogP contribution is -2.53. The molecule has 0 aliphatic carbocycles. The van der Waals surface area contributed by atoms with Crippen molar-refractivity contribution in [3.8, 4) is 0 Å². The van der Waals surface area contributed by atoms with Crippen LogP contribution in [0.3, 0.4) is 0 Å². The van der Waals surface area contributed by atoms with Crippen molar-refractivity contribution in [1.29, 1.82) is 0 Å². The van der Waals surface area contributed by atoms with Crippen molar-refractivity contribution in [1.82, 2.24) is 19.7 Å². The highest BCUT2D eigenvalue weighted by atomic mass is 16.5. The molecule has 0 radical (unpaired) electrons. The largest absolute Gasteiger partial charge is 0.369 e. The number of pyridine rings is 1. The number of amides is 1. The lowest BCUT2D eigenvalue weighted by Gasteiger charge is -2.41. The summed E-state index contributed by atoms with van der Waals surface area (Å²) in [6.45, 7) is 11.3. The van der Waals surface area contributed by atoms with Crippen LogP contribution >= 0.6 is 0 Å². The van der Waals surface area contributed by atoms with Gasteiger partial charge in [0.1, 0.15) is 0 Å². The predicted molar refractivity (Wildman–Crippen MR) is 88.4 cm³/mol. The summed E-state index contributed by atoms with van der Waals surface area (Å²) >= 11 is 0. The Morgan fingerprint density at radius 2 is 2.13 bits per heavy atom. The second kappa shape index (κ2) is 5.60. The minimum Gasteiger partial charge on any atom is -0.369 e. The monoisotopic (exact) mass is 316 g/mol. The first-order chi connectivity index (χ1) is 10.8. The van der Waals surface area contributed by atoms with Crippen molar-refractivity contribution in [3.05, 3.63) is 24.0 Å². The van der Waals surface area contributed by atoms with E-state index in [1.54, 1.807) is 12.4 Å². The van der Waals surface area contributed by atoms with Crippen LogP contribution in [-0.2, 0) is 4.74 Å². The summed E-state index contributed by atoms with van der Waals surface area (Å²) in [5.41, 5.74) is 1.09. The Morgan fingerprint density at radius 1 is 1.39 bits per heavy atom. The SMILES string of the molecule is CC1CN(C(=O)c2cnc3c(cnn3C(C)C)c2)CC(C)(C)O1. The fourth-order valence-electron chi connectivity index (χ4n) is 3.23. The molecule has 2 aromatic rings. The molecule has 23 heavy (non-hydrogen) atoms. The number of morpholine rings is 1. The molecule has 1 aliphatic rings. The normalized spacial score (nSPS) is 21.1. The number of nitrogens with zero attached hydrogens (tertiary/aromatic N) is 4. The second-order valence-electron chi connectivity index (χ2n) is 7.19. The Kier molecular flexibility index (Phi) is 3.88. The molecule has 124 valence electrons. The summed E-state index contributed by atoms with van der Waals surface area (Å²) < 4.78 is 7.73. The van der Waals surface area contributed by atoms with Crippen LogP contribution in [0.5, 0.6) is 0 Å². The van der Waals surface area contributed by atoms with Crippen LogP contribution in [0.2, 0.25) is 0 Å². The van der Waals surface area contributed by atoms with Crippen molar-refractivity contribution in [2.75, 3.05) is 13.1 Å². The van der Waals surface area contributed by atoms with E-state index in [-0.39, 0.29) is 23.7 Å². The van der Waals surface area contributed by atoms with Gasteiger partial charge in [0.25, 0.3) is 5.91 Å². The van der Waals surface area contributed by atoms with Crippen LogP contribution in [0.1, 0.15) is 51.0 Å². The summed E-state index contributed by atoms with van der Waals surface area (Å²) in [6, 6.07) is 2.12. The van der Waals surface area contributed by atoms with E-state index in [1.807, 2.05) is 36.4 Å². The van der Waals surface area contributed by atoms with Gasteiger partial charge in [0.2, 0.25) is 0 Å². The molecule has 3 heterocycles. The van der Waals surface area contributed by atoms with Crippen molar-refractivity contribution in [2.45, 2.75) is 52.4 Å². The molecular weight excluding hydrogens is 292 g/mol. The number of rotatable bonds is 2. The van der Waals surface area contributed by atoms with Gasteiger partial charge in [-0.25, -0.2) is 9.67 Å². The predicted octanol–water partition coefficient (Wildman–Crippen LogP) is 2.65. The van der Waals surface area contributed by atoms with Gasteiger partial charge in [-0.05, 0) is 40.7 Å². The second-order valence-corrected chi connectivity index (χ2v) is 7.19. The molecule has 0 spiro atoms. The minimum absolute atomic E-state index is 0.0000723. The molecule has 0 aromatic carbocycles. The highest BCUT2D eigenvalue weighted by Crippen LogP contribution is 2.23. The molecule has 1 fully saturated rings. The van der Waals surface area contributed by atoms with Gasteiger partial charge in [0, 0.05) is 30.7 Å². The maximum absolute atomic E-state index is 12.8. The van der Waals surface area contributed by atoms with Crippen LogP contribution in [0.25, 0.3) is 11.0 Å². The molecule has 0 saturated carbocycles. The maximum atomic E-state index is 12.8. The van der Waals surface area contributed by atoms with Crippen LogP contribution in [-0.4, -0.2) is 50.4 Å². The number of fused-ring (bicyclic) bond motifs is 1. The Morgan fingerprint density at radius 3 is 2.78 bits per heavy atom. The molecule has 6 heteroatoms. The van der Waals surface area contributed by atoms with E-state index in [0.29, 0.717) is 18.7 Å². The van der Waals surface area contributed by atoms with Crippen LogP contribution in [0.15, 0.2) is 18.5 Å². The van der Waals surface area contributed by atoms with E-state index in [4.69, 9.17) is 4.74 Å². The lowest BCUT2D eigenvalue weighted by molar-refractivity contribution is -0.118. The number of carbonyl (C=O) groups is 1. The Labute approximate surface area is 136 Å². The lowest BCUT2D eigenvalue weighted by atomic mass is 10.0. The topological polar surface area (TPSA) is 60.2 Å². The van der Waals surface area contributed by atoms with Gasteiger partial charge in [-0.15, -0.1) is 0 Å². The van der Waals surface area contributed by atoms with Crippen molar-refractivity contribution in [2.24, 2.45) is 0 Å². The van der Waals surface area contributed by atoms with Crippen molar-refractivity contribution >= 4 is 16.9 Å². The summed E-state index contributed by atoms with van der Waals surface area (Å²) in [7, 11) is 0. The first-order valence-corrected chi connectivity index (χ1v) is 8.07. The number of hydrogen-bond donors (Lipinski definition) is 0. The molecule has 1 unspecified atom stereocenters. The third kappa shape index (κ3) is 3.08. The quantitative estimate of drug-likeness (QED) is 0.854. The number of aromatic nitrogens is 3. The molecule has 1 amide bonds. The standard InChI is InChI=1S/C17H24N4O2/c1-11(2)21-15-13(8-19-21)6-14(7-18-15)16(22)20-9-12(3)23-17(4,5)10-20/h6-8,11-12H,9-10H2,1-5H3. The van der Waals surface area contributed by atoms with Gasteiger partial charge in [0.05, 0.1) is 23.5 Å². The third-order valence-corrected chi connectivity index (χ3v) is 4.03. The van der Waals surface area contributed by atoms with Crippen LogP contribution < -0.4 is 0 Å². The van der Waals surface area contributed by atoms with Gasteiger partial charge >= 0.3 is 0 Å². The van der Waals surface area contributed by atoms with Gasteiger partial charge in [0.15, 0.2) is 5.65 Å². The smallest absolute Gasteiger partial charge is 0.255 e. The Balaban J connectivity index is 1.89. The maximum Gasteiger partial charge on any atom is 0.255 e. The molecule has 2 aromatic heterocycles. The first kappa shape index (κ1) is 15.9. The minimum atomic E-state index is -0.326. The molecule has 1 aliphatic heterocycles. The van der Waals surface area contributed by atoms with Crippen molar-refractivity contribution < 1.29 is 9.53 Å². The van der Waals surface area contributed by atoms with Crippen LogP contribution in [0, 0.1) is 0 Å². The third-order valence-electron chi connectivity index (χ3n) is 4.03. The Bertz CT molecular complexity index is 735. The van der Waals surface area contributed by atoms with E-state index >= 15 is 0 Å². The van der Waals surface area contributed by atoms with Gasteiger partial charge in [-0.1, -0.05) is 0 Å². The molecule has 6 nitrogen and oxygen atoms in total. The molecule has 3 rings (SSSR count). The summed E-state index contributed by atoms with van der Waals surface area (Å²) in [4.78, 5) is 19.1. The zero-order valence-electron chi connectivity index (χ0n) is 14.4. The van der Waals surface area contributed by atoms with E-state index in [9.17, 15) is 4.79 Å². The summed E-state index contributed by atoms with van der Waals surface area (Å²) in [6.07, 6.45) is 3.45. The van der Waals surface area contributed by atoms with Gasteiger partial charge in [-0.3, -0.25) is 4.79 Å². The van der Waals surface area contributed by atoms with Crippen LogP contribution in [0.4, 0.5) is 0 Å². The fraction of sp³-hybridized carbons (Fsp3) is 0.588. The molecule has 1 saturated heterocycles. The first-order valence-electron chi connectivity index (χ1n) is 8.07. The molecule has 0 bridgehead atoms. The number of carbonyl (C=O) groups excluding carboxylic acids is 1. The molecule has 1 atom stereocenters. The molecular formula is C17H24N4O2. The average Bonchev–Trinajstić information content (AvgIpc) is 2.87. The highest BCUT2D eigenvalue weighted by molar-refractivity contribution is 5.97. The fourth-order valence-corrected chi connectivity index (χ4v) is 3.23. The zero-order valence-corrected chi connectivity index (χ0v) is 14.4. The van der Waals surface area contributed by atoms with E-state index in [1.165, 1.54) is 0 Å². The average molecular weight is 316 g/mol. The Hall–Kier alpha value is -1.95. The highest BCUT2D eigenvalue weighted by Gasteiger charge is 2.34. The number of ether oxygens (including phenoxy) is 1. The number of hydrogen-bond acceptors (Lipinski definition) is 4. The summed E-state index contributed by atoms with van der Waals surface area (Å²) in [5.74, 6) is -0.0000723. The zero-order chi connectivity index (χ0) is 16.8. The molecule has 0 N–H and O–H groups in total. The van der Waals surface area contributed by atoms with E-state index in [0.717, 1.165) is 11.0 Å². The summed E-state index contributed by atoms with van der Waals surface area (Å²) in [5, 5.41) is 5.25. The van der Waals surface area contributed by atoms with E-state index < -0.39 is 0 Å².